The monoisotopic (exact) mass is 453 g/mol. The van der Waals surface area contributed by atoms with Gasteiger partial charge in [0.25, 0.3) is 0 Å². The van der Waals surface area contributed by atoms with Crippen molar-refractivity contribution in [1.82, 2.24) is 20.0 Å². The van der Waals surface area contributed by atoms with Crippen molar-refractivity contribution in [1.29, 1.82) is 0 Å². The average Bonchev–Trinajstić information content (AvgIpc) is 3.26. The standard InChI is InChI=1S/C12H10ClN5.C9H10O.2CH2O/c1-14-9-5-4-8(13)7-11(9)18-10-3-2-6-15-12(10)16-17-18;1-7-3-5-9(6-4-7)8(2)10;2*1-2/h2-7,14H,1H3;3-6H,1-2H3;2*1H2. The molecule has 9 heteroatoms. The lowest BCUT2D eigenvalue weighted by molar-refractivity contribution is -0.0987. The minimum atomic E-state index is 0.125. The van der Waals surface area contributed by atoms with Gasteiger partial charge in [-0.25, -0.2) is 9.67 Å². The first-order valence-electron chi connectivity index (χ1n) is 9.29. The van der Waals surface area contributed by atoms with Crippen molar-refractivity contribution in [2.45, 2.75) is 13.8 Å². The molecule has 4 aromatic rings. The van der Waals surface area contributed by atoms with E-state index in [2.05, 4.69) is 20.6 Å². The lowest BCUT2D eigenvalue weighted by atomic mass is 10.1. The Morgan fingerprint density at radius 3 is 2.28 bits per heavy atom. The fraction of sp³-hybridized carbons (Fsp3) is 0.130. The SMILES string of the molecule is C=O.C=O.CC(=O)c1ccc(C)cc1.CNc1ccc(Cl)cc1-n1nnc2ncccc21. The number of fused-ring (bicyclic) bond motifs is 1. The molecule has 0 unspecified atom stereocenters. The molecule has 4 rings (SSSR count). The van der Waals surface area contributed by atoms with Crippen LogP contribution in [0.25, 0.3) is 16.9 Å². The molecule has 0 saturated carbocycles. The fourth-order valence-electron chi connectivity index (χ4n) is 2.62. The molecule has 0 fully saturated rings. The summed E-state index contributed by atoms with van der Waals surface area (Å²) >= 11 is 6.04. The van der Waals surface area contributed by atoms with Crippen molar-refractivity contribution in [2.75, 3.05) is 12.4 Å². The van der Waals surface area contributed by atoms with E-state index >= 15 is 0 Å². The van der Waals surface area contributed by atoms with Gasteiger partial charge in [-0.15, -0.1) is 5.10 Å². The summed E-state index contributed by atoms with van der Waals surface area (Å²) in [6, 6.07) is 16.9. The summed E-state index contributed by atoms with van der Waals surface area (Å²) in [4.78, 5) is 30.9. The third-order valence-electron chi connectivity index (χ3n) is 4.14. The molecule has 0 bridgehead atoms. The van der Waals surface area contributed by atoms with Crippen molar-refractivity contribution < 1.29 is 14.4 Å². The Labute approximate surface area is 191 Å². The molecule has 0 aliphatic carbocycles. The molecule has 0 aliphatic heterocycles. The number of nitrogens with one attached hydrogen (secondary N) is 1. The number of aryl methyl sites for hydroxylation is 1. The summed E-state index contributed by atoms with van der Waals surface area (Å²) in [6.45, 7) is 7.58. The normalized spacial score (nSPS) is 9.25. The van der Waals surface area contributed by atoms with E-state index in [1.165, 1.54) is 5.56 Å². The molecule has 0 aliphatic rings. The predicted octanol–water partition coefficient (Wildman–Crippen LogP) is 4.34. The summed E-state index contributed by atoms with van der Waals surface area (Å²) in [5.41, 5.74) is 5.20. The van der Waals surface area contributed by atoms with Crippen molar-refractivity contribution in [3.8, 4) is 5.69 Å². The number of carbonyl (C=O) groups is 3. The number of aromatic nitrogens is 4. The summed E-state index contributed by atoms with van der Waals surface area (Å²) in [6.07, 6.45) is 1.69. The molecule has 166 valence electrons. The third-order valence-corrected chi connectivity index (χ3v) is 4.37. The van der Waals surface area contributed by atoms with Gasteiger partial charge in [0.05, 0.1) is 11.4 Å². The van der Waals surface area contributed by atoms with Crippen LogP contribution < -0.4 is 5.32 Å². The quantitative estimate of drug-likeness (QED) is 0.460. The second-order valence-electron chi connectivity index (χ2n) is 6.18. The Bertz CT molecular complexity index is 1140. The second-order valence-corrected chi connectivity index (χ2v) is 6.62. The zero-order valence-corrected chi connectivity index (χ0v) is 18.8. The largest absolute Gasteiger partial charge is 0.386 e. The van der Waals surface area contributed by atoms with Crippen LogP contribution in [0.4, 0.5) is 5.69 Å². The molecule has 2 heterocycles. The van der Waals surface area contributed by atoms with Gasteiger partial charge in [0.15, 0.2) is 5.78 Å². The second kappa shape index (κ2) is 13.4. The molecular formula is C23H24ClN5O3. The van der Waals surface area contributed by atoms with Crippen LogP contribution >= 0.6 is 11.6 Å². The van der Waals surface area contributed by atoms with Gasteiger partial charge in [0.2, 0.25) is 5.65 Å². The first kappa shape index (κ1) is 26.1. The van der Waals surface area contributed by atoms with Gasteiger partial charge in [-0.2, -0.15) is 0 Å². The van der Waals surface area contributed by atoms with Gasteiger partial charge >= 0.3 is 0 Å². The van der Waals surface area contributed by atoms with Crippen LogP contribution in [0.3, 0.4) is 0 Å². The molecule has 0 radical (unpaired) electrons. The van der Waals surface area contributed by atoms with E-state index in [1.54, 1.807) is 17.8 Å². The van der Waals surface area contributed by atoms with Gasteiger partial charge in [0, 0.05) is 23.8 Å². The highest BCUT2D eigenvalue weighted by atomic mass is 35.5. The molecule has 0 saturated heterocycles. The number of hydrogen-bond donors (Lipinski definition) is 1. The number of nitrogens with zero attached hydrogens (tertiary/aromatic N) is 4. The Morgan fingerprint density at radius 2 is 1.69 bits per heavy atom. The van der Waals surface area contributed by atoms with E-state index in [0.717, 1.165) is 22.5 Å². The Morgan fingerprint density at radius 1 is 1.03 bits per heavy atom. The number of Topliss-reactive ketones (excluding diaryl/α,β-unsaturated/α-hetero) is 1. The minimum absolute atomic E-state index is 0.125. The topological polar surface area (TPSA) is 107 Å². The average molecular weight is 454 g/mol. The summed E-state index contributed by atoms with van der Waals surface area (Å²) in [7, 11) is 1.85. The number of benzene rings is 2. The van der Waals surface area contributed by atoms with Crippen LogP contribution in [-0.4, -0.2) is 46.4 Å². The number of halogens is 1. The van der Waals surface area contributed by atoms with Gasteiger partial charge in [-0.1, -0.05) is 46.6 Å². The lowest BCUT2D eigenvalue weighted by Gasteiger charge is -2.09. The van der Waals surface area contributed by atoms with E-state index in [-0.39, 0.29) is 5.78 Å². The molecule has 1 N–H and O–H groups in total. The van der Waals surface area contributed by atoms with Gasteiger partial charge in [0.1, 0.15) is 19.1 Å². The molecular weight excluding hydrogens is 430 g/mol. The van der Waals surface area contributed by atoms with E-state index in [4.69, 9.17) is 21.2 Å². The van der Waals surface area contributed by atoms with Crippen molar-refractivity contribution in [3.05, 3.63) is 76.9 Å². The Balaban J connectivity index is 0.000000312. The number of rotatable bonds is 3. The zero-order valence-electron chi connectivity index (χ0n) is 18.1. The number of hydrogen-bond acceptors (Lipinski definition) is 7. The fourth-order valence-corrected chi connectivity index (χ4v) is 2.79. The number of carbonyl (C=O) groups excluding carboxylic acids is 3. The summed E-state index contributed by atoms with van der Waals surface area (Å²) in [5.74, 6) is 0.125. The highest BCUT2D eigenvalue weighted by Crippen LogP contribution is 2.25. The van der Waals surface area contributed by atoms with E-state index in [9.17, 15) is 4.79 Å². The molecule has 32 heavy (non-hydrogen) atoms. The Kier molecular flexibility index (Phi) is 10.9. The zero-order chi connectivity index (χ0) is 24.1. The maximum Gasteiger partial charge on any atom is 0.202 e. The van der Waals surface area contributed by atoms with Crippen LogP contribution in [0.15, 0.2) is 60.8 Å². The van der Waals surface area contributed by atoms with Crippen molar-refractivity contribution in [2.24, 2.45) is 0 Å². The van der Waals surface area contributed by atoms with Crippen LogP contribution in [0.2, 0.25) is 5.02 Å². The molecule has 2 aromatic heterocycles. The molecule has 8 nitrogen and oxygen atoms in total. The van der Waals surface area contributed by atoms with Gasteiger partial charge in [-0.3, -0.25) is 4.79 Å². The summed E-state index contributed by atoms with van der Waals surface area (Å²) < 4.78 is 1.72. The van der Waals surface area contributed by atoms with Crippen LogP contribution in [0, 0.1) is 6.92 Å². The first-order chi connectivity index (χ1) is 15.5. The molecule has 2 aromatic carbocycles. The van der Waals surface area contributed by atoms with E-state index in [1.807, 2.05) is 82.1 Å². The maximum absolute atomic E-state index is 10.8. The number of pyridine rings is 1. The Hall–Kier alpha value is -3.91. The van der Waals surface area contributed by atoms with Gasteiger partial charge in [-0.05, 0) is 44.2 Å². The third kappa shape index (κ3) is 6.82. The van der Waals surface area contributed by atoms with E-state index in [0.29, 0.717) is 10.7 Å². The van der Waals surface area contributed by atoms with Gasteiger partial charge < -0.3 is 14.9 Å². The number of anilines is 1. The molecule has 0 spiro atoms. The molecule has 0 atom stereocenters. The smallest absolute Gasteiger partial charge is 0.202 e. The lowest BCUT2D eigenvalue weighted by Crippen LogP contribution is -2.02. The molecule has 0 amide bonds. The van der Waals surface area contributed by atoms with Crippen molar-refractivity contribution in [3.63, 3.8) is 0 Å². The maximum atomic E-state index is 10.8. The van der Waals surface area contributed by atoms with Crippen LogP contribution in [0.5, 0.6) is 0 Å². The summed E-state index contributed by atoms with van der Waals surface area (Å²) in [5, 5.41) is 11.9. The predicted molar refractivity (Wildman–Crippen MR) is 127 cm³/mol. The highest BCUT2D eigenvalue weighted by molar-refractivity contribution is 6.30. The van der Waals surface area contributed by atoms with E-state index < -0.39 is 0 Å². The highest BCUT2D eigenvalue weighted by Gasteiger charge is 2.10. The number of ketones is 1. The minimum Gasteiger partial charge on any atom is -0.386 e. The first-order valence-corrected chi connectivity index (χ1v) is 9.67. The van der Waals surface area contributed by atoms with Crippen LogP contribution in [-0.2, 0) is 9.59 Å². The van der Waals surface area contributed by atoms with Crippen molar-refractivity contribution >= 4 is 47.8 Å². The van der Waals surface area contributed by atoms with Crippen LogP contribution in [0.1, 0.15) is 22.8 Å².